The Kier molecular flexibility index (Phi) is 4.04. The number of phenols is 2. The van der Waals surface area contributed by atoms with Gasteiger partial charge in [-0.25, -0.2) is 4.79 Å². The van der Waals surface area contributed by atoms with Gasteiger partial charge in [0.25, 0.3) is 0 Å². The van der Waals surface area contributed by atoms with E-state index in [0.717, 1.165) is 12.1 Å². The van der Waals surface area contributed by atoms with Gasteiger partial charge in [0.1, 0.15) is 5.58 Å². The first-order chi connectivity index (χ1) is 11.0. The van der Waals surface area contributed by atoms with Gasteiger partial charge in [-0.05, 0) is 24.2 Å². The van der Waals surface area contributed by atoms with Crippen LogP contribution in [0.5, 0.6) is 11.5 Å². The molecule has 2 aromatic carbocycles. The molecule has 0 atom stereocenters. The molecule has 118 valence electrons. The fourth-order valence-corrected chi connectivity index (χ4v) is 2.62. The molecule has 0 amide bonds. The van der Waals surface area contributed by atoms with Crippen LogP contribution in [0.25, 0.3) is 11.0 Å². The minimum absolute atomic E-state index is 0.238. The van der Waals surface area contributed by atoms with Gasteiger partial charge in [0.15, 0.2) is 11.5 Å². The molecule has 1 aromatic heterocycles. The van der Waals surface area contributed by atoms with Gasteiger partial charge in [0.05, 0.1) is 0 Å². The first kappa shape index (κ1) is 15.1. The third-order valence-electron chi connectivity index (χ3n) is 3.66. The highest BCUT2D eigenvalue weighted by Gasteiger charge is 2.12. The molecule has 2 N–H and O–H groups in total. The topological polar surface area (TPSA) is 73.9 Å². The predicted octanol–water partition coefficient (Wildman–Crippen LogP) is 2.84. The number of nitrogens with zero attached hydrogens (tertiary/aromatic N) is 1. The first-order valence-corrected chi connectivity index (χ1v) is 7.24. The molecule has 0 radical (unpaired) electrons. The third kappa shape index (κ3) is 3.35. The molecule has 3 aromatic rings. The van der Waals surface area contributed by atoms with Crippen LogP contribution >= 0.6 is 0 Å². The van der Waals surface area contributed by atoms with Crippen LogP contribution in [-0.4, -0.2) is 22.2 Å². The summed E-state index contributed by atoms with van der Waals surface area (Å²) in [6.45, 7) is 1.24. The maximum atomic E-state index is 11.7. The second-order valence-corrected chi connectivity index (χ2v) is 5.59. The molecule has 0 saturated heterocycles. The Hall–Kier alpha value is -2.79. The summed E-state index contributed by atoms with van der Waals surface area (Å²) in [6, 6.07) is 14.1. The van der Waals surface area contributed by atoms with Crippen molar-refractivity contribution in [3.05, 3.63) is 70.1 Å². The highest BCUT2D eigenvalue weighted by atomic mass is 16.4. The van der Waals surface area contributed by atoms with Gasteiger partial charge in [-0.15, -0.1) is 0 Å². The maximum Gasteiger partial charge on any atom is 0.336 e. The molecule has 23 heavy (non-hydrogen) atoms. The van der Waals surface area contributed by atoms with Gasteiger partial charge in [-0.3, -0.25) is 4.90 Å². The van der Waals surface area contributed by atoms with Crippen molar-refractivity contribution in [1.29, 1.82) is 0 Å². The summed E-state index contributed by atoms with van der Waals surface area (Å²) < 4.78 is 5.09. The zero-order chi connectivity index (χ0) is 16.4. The lowest BCUT2D eigenvalue weighted by molar-refractivity contribution is 0.319. The van der Waals surface area contributed by atoms with Crippen molar-refractivity contribution in [3.63, 3.8) is 0 Å². The number of benzene rings is 2. The van der Waals surface area contributed by atoms with E-state index in [4.69, 9.17) is 4.42 Å². The Morgan fingerprint density at radius 2 is 1.70 bits per heavy atom. The molecule has 0 unspecified atom stereocenters. The van der Waals surface area contributed by atoms with Crippen molar-refractivity contribution in [3.8, 4) is 11.5 Å². The Bertz CT molecular complexity index is 887. The Morgan fingerprint density at radius 3 is 2.43 bits per heavy atom. The number of hydrogen-bond acceptors (Lipinski definition) is 5. The third-order valence-corrected chi connectivity index (χ3v) is 3.66. The van der Waals surface area contributed by atoms with Crippen molar-refractivity contribution >= 4 is 11.0 Å². The van der Waals surface area contributed by atoms with E-state index >= 15 is 0 Å². The van der Waals surface area contributed by atoms with Gasteiger partial charge in [0, 0.05) is 30.6 Å². The Labute approximate surface area is 133 Å². The molecule has 3 rings (SSSR count). The number of aromatic hydroxyl groups is 2. The average Bonchev–Trinajstić information content (AvgIpc) is 2.50. The van der Waals surface area contributed by atoms with Crippen LogP contribution in [0.15, 0.2) is 57.7 Å². The lowest BCUT2D eigenvalue weighted by Gasteiger charge is -2.17. The SMILES string of the molecule is CN(Cc1ccccc1)Cc1cc(=O)oc2cc(O)c(O)cc12. The molecule has 0 spiro atoms. The second-order valence-electron chi connectivity index (χ2n) is 5.59. The highest BCUT2D eigenvalue weighted by molar-refractivity contribution is 5.83. The van der Waals surface area contributed by atoms with Crippen LogP contribution < -0.4 is 5.63 Å². The molecule has 0 aliphatic carbocycles. The smallest absolute Gasteiger partial charge is 0.336 e. The summed E-state index contributed by atoms with van der Waals surface area (Å²) in [4.78, 5) is 13.8. The fraction of sp³-hybridized carbons (Fsp3) is 0.167. The number of fused-ring (bicyclic) bond motifs is 1. The lowest BCUT2D eigenvalue weighted by atomic mass is 10.1. The molecular weight excluding hydrogens is 294 g/mol. The predicted molar refractivity (Wildman–Crippen MR) is 87.4 cm³/mol. The van der Waals surface area contributed by atoms with E-state index in [-0.39, 0.29) is 17.1 Å². The van der Waals surface area contributed by atoms with Crippen LogP contribution in [0.4, 0.5) is 0 Å². The molecule has 0 fully saturated rings. The second kappa shape index (κ2) is 6.14. The van der Waals surface area contributed by atoms with Crippen molar-refractivity contribution in [2.45, 2.75) is 13.1 Å². The summed E-state index contributed by atoms with van der Waals surface area (Å²) in [7, 11) is 1.95. The van der Waals surface area contributed by atoms with Crippen LogP contribution in [-0.2, 0) is 13.1 Å². The molecule has 0 aliphatic rings. The normalized spacial score (nSPS) is 11.2. The van der Waals surface area contributed by atoms with Crippen molar-refractivity contribution in [2.75, 3.05) is 7.05 Å². The van der Waals surface area contributed by atoms with E-state index in [9.17, 15) is 15.0 Å². The minimum atomic E-state index is -0.481. The standard InChI is InChI=1S/C18H17NO4/c1-19(10-12-5-3-2-4-6-12)11-13-7-18(22)23-17-9-16(21)15(20)8-14(13)17/h2-9,20-21H,10-11H2,1H3. The van der Waals surface area contributed by atoms with Crippen LogP contribution in [0.1, 0.15) is 11.1 Å². The summed E-state index contributed by atoms with van der Waals surface area (Å²) in [6.07, 6.45) is 0. The van der Waals surface area contributed by atoms with Gasteiger partial charge >= 0.3 is 5.63 Å². The average molecular weight is 311 g/mol. The lowest BCUT2D eigenvalue weighted by Crippen LogP contribution is -2.18. The van der Waals surface area contributed by atoms with Gasteiger partial charge in [-0.1, -0.05) is 30.3 Å². The first-order valence-electron chi connectivity index (χ1n) is 7.24. The number of phenolic OH excluding ortho intramolecular Hbond substituents is 2. The van der Waals surface area contributed by atoms with Gasteiger partial charge < -0.3 is 14.6 Å². The van der Waals surface area contributed by atoms with E-state index in [0.29, 0.717) is 11.9 Å². The fourth-order valence-electron chi connectivity index (χ4n) is 2.62. The summed E-state index contributed by atoms with van der Waals surface area (Å²) >= 11 is 0. The largest absolute Gasteiger partial charge is 0.504 e. The Balaban J connectivity index is 1.93. The number of hydrogen-bond donors (Lipinski definition) is 2. The highest BCUT2D eigenvalue weighted by Crippen LogP contribution is 2.31. The zero-order valence-electron chi connectivity index (χ0n) is 12.7. The molecular formula is C18H17NO4. The molecule has 0 saturated carbocycles. The molecule has 1 heterocycles. The van der Waals surface area contributed by atoms with Gasteiger partial charge in [-0.2, -0.15) is 0 Å². The van der Waals surface area contributed by atoms with Crippen LogP contribution in [0.3, 0.4) is 0 Å². The maximum absolute atomic E-state index is 11.7. The van der Waals surface area contributed by atoms with E-state index in [2.05, 4.69) is 4.90 Å². The summed E-state index contributed by atoms with van der Waals surface area (Å²) in [5, 5.41) is 19.9. The molecule has 0 bridgehead atoms. The quantitative estimate of drug-likeness (QED) is 0.572. The van der Waals surface area contributed by atoms with E-state index < -0.39 is 5.63 Å². The van der Waals surface area contributed by atoms with E-state index in [1.807, 2.05) is 37.4 Å². The molecule has 5 nitrogen and oxygen atoms in total. The minimum Gasteiger partial charge on any atom is -0.504 e. The molecule has 5 heteroatoms. The van der Waals surface area contributed by atoms with Crippen LogP contribution in [0.2, 0.25) is 0 Å². The van der Waals surface area contributed by atoms with Crippen molar-refractivity contribution in [1.82, 2.24) is 4.90 Å². The summed E-state index contributed by atoms with van der Waals surface area (Å²) in [5.74, 6) is -0.547. The van der Waals surface area contributed by atoms with Crippen LogP contribution in [0, 0.1) is 0 Å². The summed E-state index contributed by atoms with van der Waals surface area (Å²) in [5.41, 5.74) is 1.69. The van der Waals surface area contributed by atoms with Gasteiger partial charge in [0.2, 0.25) is 0 Å². The monoisotopic (exact) mass is 311 g/mol. The Morgan fingerprint density at radius 1 is 1.00 bits per heavy atom. The van der Waals surface area contributed by atoms with E-state index in [1.54, 1.807) is 0 Å². The number of rotatable bonds is 4. The molecule has 0 aliphatic heterocycles. The van der Waals surface area contributed by atoms with Crippen molar-refractivity contribution in [2.24, 2.45) is 0 Å². The van der Waals surface area contributed by atoms with Crippen molar-refractivity contribution < 1.29 is 14.6 Å². The van der Waals surface area contributed by atoms with E-state index in [1.165, 1.54) is 23.8 Å². The zero-order valence-corrected chi connectivity index (χ0v) is 12.7.